The summed E-state index contributed by atoms with van der Waals surface area (Å²) in [6, 6.07) is 8.02. The molecule has 4 aliphatic rings. The van der Waals surface area contributed by atoms with Gasteiger partial charge in [-0.1, -0.05) is 30.3 Å². The number of carbonyl (C=O) groups excluding carboxylic acids is 3. The minimum atomic E-state index is -0.917. The van der Waals surface area contributed by atoms with Gasteiger partial charge < -0.3 is 18.9 Å². The summed E-state index contributed by atoms with van der Waals surface area (Å²) in [5.41, 5.74) is 0.937. The quantitative estimate of drug-likeness (QED) is 0.534. The number of nitrogens with one attached hydrogen (secondary N) is 1. The van der Waals surface area contributed by atoms with Crippen molar-refractivity contribution in [3.05, 3.63) is 47.7 Å². The van der Waals surface area contributed by atoms with Crippen molar-refractivity contribution in [2.45, 2.75) is 57.6 Å². The van der Waals surface area contributed by atoms with Gasteiger partial charge in [0.15, 0.2) is 5.79 Å². The number of rotatable bonds is 5. The summed E-state index contributed by atoms with van der Waals surface area (Å²) in [5, 5.41) is 2.39. The minimum absolute atomic E-state index is 0.173. The van der Waals surface area contributed by atoms with E-state index in [1.807, 2.05) is 35.2 Å². The maximum Gasteiger partial charge on any atom is 0.324 e. The lowest BCUT2D eigenvalue weighted by Gasteiger charge is -2.32. The van der Waals surface area contributed by atoms with Gasteiger partial charge in [-0.2, -0.15) is 0 Å². The molecule has 0 aliphatic carbocycles. The zero-order valence-corrected chi connectivity index (χ0v) is 18.1. The molecule has 0 spiro atoms. The maximum absolute atomic E-state index is 13.0. The number of likely N-dealkylation sites (tertiary alicyclic amines) is 1. The van der Waals surface area contributed by atoms with Crippen LogP contribution >= 0.6 is 0 Å². The molecule has 3 fully saturated rings. The molecular weight excluding hydrogens is 416 g/mol. The first kappa shape index (κ1) is 21.1. The van der Waals surface area contributed by atoms with Crippen LogP contribution < -0.4 is 5.32 Å². The summed E-state index contributed by atoms with van der Waals surface area (Å²) in [4.78, 5) is 40.5. The van der Waals surface area contributed by atoms with Crippen molar-refractivity contribution in [3.8, 4) is 0 Å². The van der Waals surface area contributed by atoms with E-state index in [0.29, 0.717) is 12.3 Å². The summed E-state index contributed by atoms with van der Waals surface area (Å²) < 4.78 is 23.1. The lowest BCUT2D eigenvalue weighted by atomic mass is 9.88. The molecular formula is C23H26N2O7. The second-order valence-electron chi connectivity index (χ2n) is 8.86. The molecule has 32 heavy (non-hydrogen) atoms. The van der Waals surface area contributed by atoms with E-state index in [0.717, 1.165) is 5.56 Å². The zero-order chi connectivity index (χ0) is 22.6. The third kappa shape index (κ3) is 3.41. The first-order chi connectivity index (χ1) is 15.3. The Hall–Kier alpha value is -2.75. The fourth-order valence-corrected chi connectivity index (χ4v) is 5.19. The van der Waals surface area contributed by atoms with E-state index in [1.165, 1.54) is 0 Å². The molecule has 0 bridgehead atoms. The number of carbonyl (C=O) groups is 3. The Bertz CT molecular complexity index is 976. The first-order valence-corrected chi connectivity index (χ1v) is 10.8. The van der Waals surface area contributed by atoms with E-state index in [4.69, 9.17) is 18.9 Å². The van der Waals surface area contributed by atoms with Gasteiger partial charge in [0.1, 0.15) is 17.9 Å². The highest BCUT2D eigenvalue weighted by Crippen LogP contribution is 2.47. The number of amides is 2. The number of esters is 1. The SMILES string of the molecule is CCOC(=O)[C@H]1[C@H]2C(=O)NC(=O)[C@H]2[C@H](C2=C[C@H]3OC(C)(C)O[C@H]3O2)N1Cc1ccccc1. The second-order valence-corrected chi connectivity index (χ2v) is 8.86. The van der Waals surface area contributed by atoms with Crippen LogP contribution in [0.25, 0.3) is 0 Å². The van der Waals surface area contributed by atoms with Gasteiger partial charge in [-0.3, -0.25) is 24.6 Å². The number of ether oxygens (including phenoxy) is 4. The molecule has 0 aromatic heterocycles. The number of hydrogen-bond donors (Lipinski definition) is 1. The van der Waals surface area contributed by atoms with Gasteiger partial charge >= 0.3 is 5.97 Å². The van der Waals surface area contributed by atoms with Gasteiger partial charge in [-0.15, -0.1) is 0 Å². The molecule has 1 aromatic rings. The van der Waals surface area contributed by atoms with Crippen molar-refractivity contribution < 1.29 is 33.3 Å². The Labute approximate surface area is 185 Å². The number of imide groups is 1. The van der Waals surface area contributed by atoms with Crippen LogP contribution in [0.2, 0.25) is 0 Å². The molecule has 4 aliphatic heterocycles. The largest absolute Gasteiger partial charge is 0.465 e. The van der Waals surface area contributed by atoms with Gasteiger partial charge in [-0.25, -0.2) is 0 Å². The van der Waals surface area contributed by atoms with Crippen LogP contribution in [0.3, 0.4) is 0 Å². The average Bonchev–Trinajstić information content (AvgIpc) is 3.41. The van der Waals surface area contributed by atoms with Crippen LogP contribution in [-0.4, -0.2) is 59.6 Å². The monoisotopic (exact) mass is 442 g/mol. The highest BCUT2D eigenvalue weighted by molar-refractivity contribution is 6.08. The first-order valence-electron chi connectivity index (χ1n) is 10.8. The highest BCUT2D eigenvalue weighted by Gasteiger charge is 2.64. The molecule has 6 atom stereocenters. The molecule has 0 unspecified atom stereocenters. The predicted molar refractivity (Wildman–Crippen MR) is 109 cm³/mol. The number of benzene rings is 1. The van der Waals surface area contributed by atoms with Crippen LogP contribution in [0, 0.1) is 11.8 Å². The lowest BCUT2D eigenvalue weighted by Crippen LogP contribution is -2.48. The summed E-state index contributed by atoms with van der Waals surface area (Å²) >= 11 is 0. The number of fused-ring (bicyclic) bond motifs is 2. The van der Waals surface area contributed by atoms with Gasteiger partial charge in [0.25, 0.3) is 0 Å². The van der Waals surface area contributed by atoms with Crippen LogP contribution in [0.1, 0.15) is 26.3 Å². The maximum atomic E-state index is 13.0. The van der Waals surface area contributed by atoms with E-state index in [-0.39, 0.29) is 6.61 Å². The highest BCUT2D eigenvalue weighted by atomic mass is 16.8. The van der Waals surface area contributed by atoms with Gasteiger partial charge in [-0.05, 0) is 32.4 Å². The molecule has 9 nitrogen and oxygen atoms in total. The third-order valence-electron chi connectivity index (χ3n) is 6.33. The summed E-state index contributed by atoms with van der Waals surface area (Å²) in [5.74, 6) is -3.37. The van der Waals surface area contributed by atoms with E-state index in [9.17, 15) is 14.4 Å². The Morgan fingerprint density at radius 1 is 1.12 bits per heavy atom. The smallest absolute Gasteiger partial charge is 0.324 e. The van der Waals surface area contributed by atoms with Crippen LogP contribution in [0.5, 0.6) is 0 Å². The minimum Gasteiger partial charge on any atom is -0.465 e. The van der Waals surface area contributed by atoms with Crippen LogP contribution in [0.4, 0.5) is 0 Å². The third-order valence-corrected chi connectivity index (χ3v) is 6.33. The molecule has 4 heterocycles. The van der Waals surface area contributed by atoms with E-state index >= 15 is 0 Å². The van der Waals surface area contributed by atoms with Crippen molar-refractivity contribution in [1.29, 1.82) is 0 Å². The fourth-order valence-electron chi connectivity index (χ4n) is 5.19. The Kier molecular flexibility index (Phi) is 5.07. The van der Waals surface area contributed by atoms with Gasteiger partial charge in [0.05, 0.1) is 24.5 Å². The van der Waals surface area contributed by atoms with E-state index < -0.39 is 59.9 Å². The number of nitrogens with zero attached hydrogens (tertiary/aromatic N) is 1. The van der Waals surface area contributed by atoms with Crippen molar-refractivity contribution in [2.24, 2.45) is 11.8 Å². The molecule has 170 valence electrons. The van der Waals surface area contributed by atoms with Crippen LogP contribution in [0.15, 0.2) is 42.2 Å². The van der Waals surface area contributed by atoms with Crippen molar-refractivity contribution >= 4 is 17.8 Å². The Morgan fingerprint density at radius 2 is 1.84 bits per heavy atom. The molecule has 0 saturated carbocycles. The normalized spacial score (nSPS) is 35.2. The van der Waals surface area contributed by atoms with Gasteiger partial charge in [0, 0.05) is 6.54 Å². The Balaban J connectivity index is 1.55. The molecule has 5 rings (SSSR count). The summed E-state index contributed by atoms with van der Waals surface area (Å²) in [6.45, 7) is 5.83. The lowest BCUT2D eigenvalue weighted by molar-refractivity contribution is -0.184. The molecule has 1 aromatic carbocycles. The molecule has 3 saturated heterocycles. The predicted octanol–water partition coefficient (Wildman–Crippen LogP) is 1.08. The zero-order valence-electron chi connectivity index (χ0n) is 18.1. The summed E-state index contributed by atoms with van der Waals surface area (Å²) in [6.07, 6.45) is 0.723. The van der Waals surface area contributed by atoms with E-state index in [1.54, 1.807) is 26.8 Å². The van der Waals surface area contributed by atoms with E-state index in [2.05, 4.69) is 5.32 Å². The number of hydrogen-bond acceptors (Lipinski definition) is 8. The second kappa shape index (κ2) is 7.68. The standard InChI is InChI=1S/C23H26N2O7/c1-4-29-21(28)18-16-15(19(26)24-20(16)27)17(25(18)11-12-8-6-5-7-9-12)13-10-14-22(30-13)32-23(2,3)31-14/h5-10,14-18,22H,4,11H2,1-3H3,(H,24,26,27)/t14-,15-,16+,17+,18-,22-/m1/s1. The van der Waals surface area contributed by atoms with Gasteiger partial charge in [0.2, 0.25) is 18.1 Å². The molecule has 0 radical (unpaired) electrons. The van der Waals surface area contributed by atoms with Crippen molar-refractivity contribution in [1.82, 2.24) is 10.2 Å². The molecule has 1 N–H and O–H groups in total. The molecule has 9 heteroatoms. The van der Waals surface area contributed by atoms with Crippen molar-refractivity contribution in [2.75, 3.05) is 6.61 Å². The topological polar surface area (TPSA) is 103 Å². The van der Waals surface area contributed by atoms with Crippen LogP contribution in [-0.2, 0) is 39.9 Å². The Morgan fingerprint density at radius 3 is 2.53 bits per heavy atom. The molecule has 2 amide bonds. The fraction of sp³-hybridized carbons (Fsp3) is 0.522. The average molecular weight is 442 g/mol. The van der Waals surface area contributed by atoms with Crippen molar-refractivity contribution in [3.63, 3.8) is 0 Å². The summed E-state index contributed by atoms with van der Waals surface area (Å²) in [7, 11) is 0.